The second kappa shape index (κ2) is 6.59. The van der Waals surface area contributed by atoms with Crippen LogP contribution in [0.15, 0.2) is 18.5 Å². The quantitative estimate of drug-likeness (QED) is 0.772. The number of hydrogen-bond donors (Lipinski definition) is 1. The molecule has 1 rings (SSSR count). The SMILES string of the molecule is CC(C)(CCCCOc1cncc(Cl)c1)C(=O)O. The minimum Gasteiger partial charge on any atom is -0.492 e. The fourth-order valence-electron chi connectivity index (χ4n) is 1.44. The van der Waals surface area contributed by atoms with Gasteiger partial charge in [-0.1, -0.05) is 11.6 Å². The number of rotatable bonds is 7. The summed E-state index contributed by atoms with van der Waals surface area (Å²) in [6.45, 7) is 4.01. The minimum atomic E-state index is -0.762. The predicted octanol–water partition coefficient (Wildman–Crippen LogP) is 3.39. The summed E-state index contributed by atoms with van der Waals surface area (Å²) >= 11 is 5.77. The van der Waals surface area contributed by atoms with E-state index < -0.39 is 11.4 Å². The molecular formula is C13H18ClNO3. The summed E-state index contributed by atoms with van der Waals surface area (Å²) in [5.74, 6) is -0.123. The number of aromatic nitrogens is 1. The molecule has 1 aromatic rings. The van der Waals surface area contributed by atoms with Gasteiger partial charge in [-0.15, -0.1) is 0 Å². The molecule has 0 aromatic carbocycles. The van der Waals surface area contributed by atoms with Crippen molar-refractivity contribution in [2.75, 3.05) is 6.61 Å². The highest BCUT2D eigenvalue weighted by Crippen LogP contribution is 2.23. The van der Waals surface area contributed by atoms with Crippen molar-refractivity contribution in [3.8, 4) is 5.75 Å². The molecular weight excluding hydrogens is 254 g/mol. The van der Waals surface area contributed by atoms with Crippen LogP contribution in [0, 0.1) is 5.41 Å². The molecule has 0 saturated heterocycles. The molecule has 0 spiro atoms. The largest absolute Gasteiger partial charge is 0.492 e. The maximum Gasteiger partial charge on any atom is 0.309 e. The molecule has 0 atom stereocenters. The Labute approximate surface area is 112 Å². The summed E-state index contributed by atoms with van der Waals surface area (Å²) in [7, 11) is 0. The lowest BCUT2D eigenvalue weighted by Gasteiger charge is -2.18. The molecule has 0 aliphatic heterocycles. The van der Waals surface area contributed by atoms with Gasteiger partial charge in [-0.3, -0.25) is 9.78 Å². The van der Waals surface area contributed by atoms with Crippen molar-refractivity contribution >= 4 is 17.6 Å². The molecule has 5 heteroatoms. The zero-order valence-corrected chi connectivity index (χ0v) is 11.4. The molecule has 18 heavy (non-hydrogen) atoms. The number of carboxylic acids is 1. The molecule has 4 nitrogen and oxygen atoms in total. The number of aliphatic carboxylic acids is 1. The van der Waals surface area contributed by atoms with Crippen LogP contribution in [0.25, 0.3) is 0 Å². The molecule has 100 valence electrons. The fraction of sp³-hybridized carbons (Fsp3) is 0.538. The van der Waals surface area contributed by atoms with Gasteiger partial charge in [0.2, 0.25) is 0 Å². The molecule has 1 heterocycles. The van der Waals surface area contributed by atoms with E-state index in [-0.39, 0.29) is 0 Å². The van der Waals surface area contributed by atoms with E-state index >= 15 is 0 Å². The summed E-state index contributed by atoms with van der Waals surface area (Å²) in [6.07, 6.45) is 5.41. The standard InChI is InChI=1S/C13H18ClNO3/c1-13(2,12(16)17)5-3-4-6-18-11-7-10(14)8-15-9-11/h7-9H,3-6H2,1-2H3,(H,16,17). The van der Waals surface area contributed by atoms with Gasteiger partial charge in [-0.2, -0.15) is 0 Å². The van der Waals surface area contributed by atoms with E-state index in [0.29, 0.717) is 23.8 Å². The van der Waals surface area contributed by atoms with Crippen molar-refractivity contribution in [3.05, 3.63) is 23.5 Å². The smallest absolute Gasteiger partial charge is 0.309 e. The normalized spacial score (nSPS) is 11.3. The Kier molecular flexibility index (Phi) is 5.41. The number of carbonyl (C=O) groups is 1. The van der Waals surface area contributed by atoms with Crippen LogP contribution >= 0.6 is 11.6 Å². The Bertz CT molecular complexity index is 407. The lowest BCUT2D eigenvalue weighted by Crippen LogP contribution is -2.23. The summed E-state index contributed by atoms with van der Waals surface area (Å²) in [4.78, 5) is 14.8. The van der Waals surface area contributed by atoms with Gasteiger partial charge in [-0.05, 0) is 33.1 Å². The van der Waals surface area contributed by atoms with E-state index in [1.807, 2.05) is 0 Å². The van der Waals surface area contributed by atoms with Crippen molar-refractivity contribution < 1.29 is 14.6 Å². The van der Waals surface area contributed by atoms with Crippen molar-refractivity contribution in [2.45, 2.75) is 33.1 Å². The lowest BCUT2D eigenvalue weighted by molar-refractivity contribution is -0.147. The molecule has 0 fully saturated rings. The van der Waals surface area contributed by atoms with Crippen LogP contribution < -0.4 is 4.74 Å². The first-order valence-corrected chi connectivity index (χ1v) is 6.26. The first-order valence-electron chi connectivity index (χ1n) is 5.88. The van der Waals surface area contributed by atoms with Crippen molar-refractivity contribution in [2.24, 2.45) is 5.41 Å². The number of hydrogen-bond acceptors (Lipinski definition) is 3. The Hall–Kier alpha value is -1.29. The van der Waals surface area contributed by atoms with E-state index in [4.69, 9.17) is 21.4 Å². The number of carboxylic acid groups (broad SMARTS) is 1. The van der Waals surface area contributed by atoms with Gasteiger partial charge < -0.3 is 9.84 Å². The molecule has 0 aliphatic carbocycles. The lowest BCUT2D eigenvalue weighted by atomic mass is 9.87. The Balaban J connectivity index is 2.22. The number of pyridine rings is 1. The third-order valence-corrected chi connectivity index (χ3v) is 2.93. The van der Waals surface area contributed by atoms with E-state index in [9.17, 15) is 4.79 Å². The molecule has 0 unspecified atom stereocenters. The first kappa shape index (κ1) is 14.8. The summed E-state index contributed by atoms with van der Waals surface area (Å²) in [5, 5.41) is 9.49. The molecule has 1 aromatic heterocycles. The summed E-state index contributed by atoms with van der Waals surface area (Å²) in [5.41, 5.74) is -0.669. The number of ether oxygens (including phenoxy) is 1. The molecule has 1 N–H and O–H groups in total. The fourth-order valence-corrected chi connectivity index (χ4v) is 1.60. The molecule has 0 amide bonds. The van der Waals surface area contributed by atoms with Crippen molar-refractivity contribution in [3.63, 3.8) is 0 Å². The summed E-state index contributed by atoms with van der Waals surface area (Å²) in [6, 6.07) is 1.70. The third kappa shape index (κ3) is 4.92. The maximum atomic E-state index is 10.9. The van der Waals surface area contributed by atoms with Crippen LogP contribution in [0.2, 0.25) is 5.02 Å². The highest BCUT2D eigenvalue weighted by Gasteiger charge is 2.25. The molecule has 0 saturated carbocycles. The van der Waals surface area contributed by atoms with Crippen LogP contribution in [-0.4, -0.2) is 22.7 Å². The number of unbranched alkanes of at least 4 members (excludes halogenated alkanes) is 1. The van der Waals surface area contributed by atoms with E-state index in [0.717, 1.165) is 12.8 Å². The molecule has 0 bridgehead atoms. The monoisotopic (exact) mass is 271 g/mol. The second-order valence-corrected chi connectivity index (χ2v) is 5.27. The predicted molar refractivity (Wildman–Crippen MR) is 70.0 cm³/mol. The maximum absolute atomic E-state index is 10.9. The van der Waals surface area contributed by atoms with Crippen LogP contribution in [0.5, 0.6) is 5.75 Å². The number of halogens is 1. The zero-order chi connectivity index (χ0) is 13.6. The number of nitrogens with zero attached hydrogens (tertiary/aromatic N) is 1. The van der Waals surface area contributed by atoms with Gasteiger partial charge in [0, 0.05) is 12.3 Å². The Morgan fingerprint density at radius 1 is 1.44 bits per heavy atom. The highest BCUT2D eigenvalue weighted by molar-refractivity contribution is 6.30. The van der Waals surface area contributed by atoms with Gasteiger partial charge in [0.05, 0.1) is 23.2 Å². The van der Waals surface area contributed by atoms with Gasteiger partial charge >= 0.3 is 5.97 Å². The van der Waals surface area contributed by atoms with E-state index in [2.05, 4.69) is 4.98 Å². The van der Waals surface area contributed by atoms with Gasteiger partial charge in [0.15, 0.2) is 0 Å². The summed E-state index contributed by atoms with van der Waals surface area (Å²) < 4.78 is 5.47. The van der Waals surface area contributed by atoms with E-state index in [1.54, 1.807) is 32.3 Å². The van der Waals surface area contributed by atoms with Crippen LogP contribution in [0.1, 0.15) is 33.1 Å². The second-order valence-electron chi connectivity index (χ2n) is 4.83. The van der Waals surface area contributed by atoms with Crippen LogP contribution in [-0.2, 0) is 4.79 Å². The minimum absolute atomic E-state index is 0.539. The van der Waals surface area contributed by atoms with Gasteiger partial charge in [-0.25, -0.2) is 0 Å². The van der Waals surface area contributed by atoms with E-state index in [1.165, 1.54) is 0 Å². The van der Waals surface area contributed by atoms with Crippen LogP contribution in [0.3, 0.4) is 0 Å². The average molecular weight is 272 g/mol. The van der Waals surface area contributed by atoms with Gasteiger partial charge in [0.1, 0.15) is 5.75 Å². The van der Waals surface area contributed by atoms with Crippen molar-refractivity contribution in [1.29, 1.82) is 0 Å². The van der Waals surface area contributed by atoms with Gasteiger partial charge in [0.25, 0.3) is 0 Å². The van der Waals surface area contributed by atoms with Crippen LogP contribution in [0.4, 0.5) is 0 Å². The first-order chi connectivity index (χ1) is 8.42. The Morgan fingerprint density at radius 3 is 2.78 bits per heavy atom. The Morgan fingerprint density at radius 2 is 2.17 bits per heavy atom. The zero-order valence-electron chi connectivity index (χ0n) is 10.6. The third-order valence-electron chi connectivity index (χ3n) is 2.72. The topological polar surface area (TPSA) is 59.4 Å². The highest BCUT2D eigenvalue weighted by atomic mass is 35.5. The van der Waals surface area contributed by atoms with Crippen molar-refractivity contribution in [1.82, 2.24) is 4.98 Å². The molecule has 0 radical (unpaired) electrons. The average Bonchev–Trinajstić information content (AvgIpc) is 2.28. The molecule has 0 aliphatic rings.